The highest BCUT2D eigenvalue weighted by Crippen LogP contribution is 2.14. The highest BCUT2D eigenvalue weighted by Gasteiger charge is 2.16. The van der Waals surface area contributed by atoms with Crippen LogP contribution in [-0.4, -0.2) is 20.4 Å². The second-order valence-corrected chi connectivity index (χ2v) is 6.17. The molecule has 0 aliphatic rings. The molecule has 140 valence electrons. The molecule has 0 aliphatic carbocycles. The second kappa shape index (κ2) is 7.43. The average Bonchev–Trinajstić information content (AvgIpc) is 3.16. The van der Waals surface area contributed by atoms with E-state index in [9.17, 15) is 14.0 Å². The number of carbonyl (C=O) groups is 1. The molecule has 0 unspecified atom stereocenters. The Hall–Kier alpha value is -3.81. The minimum absolute atomic E-state index is 0.00758. The Kier molecular flexibility index (Phi) is 4.67. The number of furan rings is 1. The lowest BCUT2D eigenvalue weighted by molar-refractivity contribution is 0.0925. The van der Waals surface area contributed by atoms with Crippen LogP contribution in [-0.2, 0) is 13.1 Å². The molecule has 1 N–H and O–H groups in total. The number of amides is 1. The van der Waals surface area contributed by atoms with Gasteiger partial charge in [-0.05, 0) is 35.4 Å². The van der Waals surface area contributed by atoms with E-state index in [4.69, 9.17) is 4.42 Å². The number of rotatable bonds is 5. The molecule has 0 saturated carbocycles. The lowest BCUT2D eigenvalue weighted by Gasteiger charge is -2.04. The summed E-state index contributed by atoms with van der Waals surface area (Å²) in [5, 5.41) is 2.93. The minimum Gasteiger partial charge on any atom is -0.432 e. The molecule has 0 bridgehead atoms. The minimum atomic E-state index is -0.445. The summed E-state index contributed by atoms with van der Waals surface area (Å²) in [4.78, 5) is 33.0. The van der Waals surface area contributed by atoms with Crippen LogP contribution in [0.5, 0.6) is 0 Å². The van der Waals surface area contributed by atoms with Gasteiger partial charge < -0.3 is 9.73 Å². The van der Waals surface area contributed by atoms with E-state index in [0.717, 1.165) is 11.1 Å². The van der Waals surface area contributed by atoms with Crippen molar-refractivity contribution in [3.05, 3.63) is 94.2 Å². The summed E-state index contributed by atoms with van der Waals surface area (Å²) in [6, 6.07) is 10.8. The van der Waals surface area contributed by atoms with Crippen molar-refractivity contribution in [1.29, 1.82) is 0 Å². The zero-order valence-electron chi connectivity index (χ0n) is 14.6. The first-order valence-corrected chi connectivity index (χ1v) is 8.51. The third-order valence-corrected chi connectivity index (χ3v) is 4.21. The van der Waals surface area contributed by atoms with Gasteiger partial charge in [0.2, 0.25) is 5.71 Å². The summed E-state index contributed by atoms with van der Waals surface area (Å²) >= 11 is 0. The molecule has 0 spiro atoms. The first-order chi connectivity index (χ1) is 13.6. The number of carbonyl (C=O) groups excluding carboxylic acids is 1. The van der Waals surface area contributed by atoms with Crippen LogP contribution in [0.1, 0.15) is 21.7 Å². The van der Waals surface area contributed by atoms with Gasteiger partial charge in [0.25, 0.3) is 11.5 Å². The molecule has 4 aromatic rings. The third-order valence-electron chi connectivity index (χ3n) is 4.21. The zero-order valence-corrected chi connectivity index (χ0v) is 14.6. The lowest BCUT2D eigenvalue weighted by atomic mass is 10.2. The molecule has 3 heterocycles. The molecular weight excluding hydrogens is 363 g/mol. The monoisotopic (exact) mass is 378 g/mol. The molecule has 0 radical (unpaired) electrons. The van der Waals surface area contributed by atoms with Crippen molar-refractivity contribution < 1.29 is 13.6 Å². The molecule has 28 heavy (non-hydrogen) atoms. The van der Waals surface area contributed by atoms with Gasteiger partial charge in [-0.1, -0.05) is 12.1 Å². The van der Waals surface area contributed by atoms with Crippen molar-refractivity contribution in [3.63, 3.8) is 0 Å². The van der Waals surface area contributed by atoms with E-state index < -0.39 is 5.91 Å². The van der Waals surface area contributed by atoms with Crippen molar-refractivity contribution in [3.8, 4) is 0 Å². The van der Waals surface area contributed by atoms with Crippen molar-refractivity contribution >= 4 is 17.0 Å². The number of hydrogen-bond donors (Lipinski definition) is 1. The molecule has 3 aromatic heterocycles. The van der Waals surface area contributed by atoms with E-state index in [1.165, 1.54) is 29.1 Å². The smallest absolute Gasteiger partial charge is 0.287 e. The highest BCUT2D eigenvalue weighted by molar-refractivity contribution is 5.95. The second-order valence-electron chi connectivity index (χ2n) is 6.17. The van der Waals surface area contributed by atoms with Crippen LogP contribution >= 0.6 is 0 Å². The van der Waals surface area contributed by atoms with E-state index in [1.54, 1.807) is 36.7 Å². The fraction of sp³-hybridized carbons (Fsp3) is 0.100. The molecule has 1 aromatic carbocycles. The van der Waals surface area contributed by atoms with Gasteiger partial charge in [0.15, 0.2) is 5.76 Å². The maximum Gasteiger partial charge on any atom is 0.287 e. The van der Waals surface area contributed by atoms with Gasteiger partial charge in [-0.15, -0.1) is 0 Å². The van der Waals surface area contributed by atoms with Crippen molar-refractivity contribution in [1.82, 2.24) is 19.9 Å². The fourth-order valence-electron chi connectivity index (χ4n) is 2.74. The van der Waals surface area contributed by atoms with Crippen LogP contribution in [0.4, 0.5) is 4.39 Å². The SMILES string of the molecule is O=C(NCc1ccncc1)c1cc2c(=O)n(Cc3ccc(F)cc3)cnc2o1. The molecular formula is C20H15FN4O3. The summed E-state index contributed by atoms with van der Waals surface area (Å²) in [6.07, 6.45) is 4.61. The van der Waals surface area contributed by atoms with Crippen molar-refractivity contribution in [2.45, 2.75) is 13.1 Å². The van der Waals surface area contributed by atoms with Crippen LogP contribution < -0.4 is 10.9 Å². The van der Waals surface area contributed by atoms with Crippen molar-refractivity contribution in [2.75, 3.05) is 0 Å². The first-order valence-electron chi connectivity index (χ1n) is 8.51. The van der Waals surface area contributed by atoms with E-state index in [-0.39, 0.29) is 34.8 Å². The summed E-state index contributed by atoms with van der Waals surface area (Å²) in [5.41, 5.74) is 1.39. The summed E-state index contributed by atoms with van der Waals surface area (Å²) in [7, 11) is 0. The van der Waals surface area contributed by atoms with E-state index in [1.807, 2.05) is 0 Å². The fourth-order valence-corrected chi connectivity index (χ4v) is 2.74. The first kappa shape index (κ1) is 17.6. The molecule has 0 aliphatic heterocycles. The van der Waals surface area contributed by atoms with Gasteiger partial charge in [-0.25, -0.2) is 9.37 Å². The largest absolute Gasteiger partial charge is 0.432 e. The summed E-state index contributed by atoms with van der Waals surface area (Å²) in [5.74, 6) is -0.783. The predicted octanol–water partition coefficient (Wildman–Crippen LogP) is 2.50. The van der Waals surface area contributed by atoms with E-state index in [2.05, 4.69) is 15.3 Å². The van der Waals surface area contributed by atoms with Crippen LogP contribution in [0.3, 0.4) is 0 Å². The maximum absolute atomic E-state index is 13.0. The Balaban J connectivity index is 1.55. The number of aromatic nitrogens is 3. The van der Waals surface area contributed by atoms with Crippen LogP contribution in [0.15, 0.2) is 70.4 Å². The lowest BCUT2D eigenvalue weighted by Crippen LogP contribution is -2.22. The van der Waals surface area contributed by atoms with Gasteiger partial charge in [0, 0.05) is 25.0 Å². The number of nitrogens with zero attached hydrogens (tertiary/aromatic N) is 3. The van der Waals surface area contributed by atoms with E-state index in [0.29, 0.717) is 6.54 Å². The Morgan fingerprint density at radius 2 is 1.86 bits per heavy atom. The van der Waals surface area contributed by atoms with Gasteiger partial charge in [0.1, 0.15) is 17.5 Å². The Morgan fingerprint density at radius 1 is 1.11 bits per heavy atom. The third kappa shape index (κ3) is 3.66. The zero-order chi connectivity index (χ0) is 19.5. The number of benzene rings is 1. The van der Waals surface area contributed by atoms with Crippen LogP contribution in [0, 0.1) is 5.82 Å². The van der Waals surface area contributed by atoms with E-state index >= 15 is 0 Å². The summed E-state index contributed by atoms with van der Waals surface area (Å²) in [6.45, 7) is 0.539. The average molecular weight is 378 g/mol. The predicted molar refractivity (Wildman–Crippen MR) is 99.2 cm³/mol. The number of pyridine rings is 1. The normalized spacial score (nSPS) is 10.9. The quantitative estimate of drug-likeness (QED) is 0.576. The van der Waals surface area contributed by atoms with Crippen LogP contribution in [0.25, 0.3) is 11.1 Å². The standard InChI is InChI=1S/C20H15FN4O3/c21-15-3-1-14(2-4-15)11-25-12-24-19-16(20(25)27)9-17(28-19)18(26)23-10-13-5-7-22-8-6-13/h1-9,12H,10-11H2,(H,23,26). The molecule has 0 fully saturated rings. The topological polar surface area (TPSA) is 90.0 Å². The number of halogens is 1. The Morgan fingerprint density at radius 3 is 2.61 bits per heavy atom. The molecule has 7 nitrogen and oxygen atoms in total. The highest BCUT2D eigenvalue weighted by atomic mass is 19.1. The summed E-state index contributed by atoms with van der Waals surface area (Å²) < 4.78 is 19.8. The molecule has 0 atom stereocenters. The molecule has 4 rings (SSSR count). The number of hydrogen-bond acceptors (Lipinski definition) is 5. The van der Waals surface area contributed by atoms with Gasteiger partial charge in [-0.3, -0.25) is 19.1 Å². The number of fused-ring (bicyclic) bond motifs is 1. The van der Waals surface area contributed by atoms with Crippen molar-refractivity contribution in [2.24, 2.45) is 0 Å². The van der Waals surface area contributed by atoms with Gasteiger partial charge in [0.05, 0.1) is 6.54 Å². The van der Waals surface area contributed by atoms with Gasteiger partial charge >= 0.3 is 0 Å². The molecule has 0 saturated heterocycles. The number of nitrogens with one attached hydrogen (secondary N) is 1. The van der Waals surface area contributed by atoms with Crippen LogP contribution in [0.2, 0.25) is 0 Å². The van der Waals surface area contributed by atoms with Gasteiger partial charge in [-0.2, -0.15) is 0 Å². The molecule has 8 heteroatoms. The Bertz CT molecular complexity index is 1180. The Labute approximate surface area is 158 Å². The molecule has 1 amide bonds. The maximum atomic E-state index is 13.0.